The lowest BCUT2D eigenvalue weighted by Crippen LogP contribution is -2.45. The summed E-state index contributed by atoms with van der Waals surface area (Å²) in [7, 11) is -8.35. The molecule has 2 fully saturated rings. The number of aromatic nitrogens is 4. The Kier molecular flexibility index (Phi) is 16.0. The Hall–Kier alpha value is -4.04. The van der Waals surface area contributed by atoms with Gasteiger partial charge in [-0.25, -0.2) is 29.4 Å². The number of fused-ring (bicyclic) bond motifs is 5. The van der Waals surface area contributed by atoms with E-state index in [0.29, 0.717) is 36.6 Å². The van der Waals surface area contributed by atoms with Gasteiger partial charge in [0.15, 0.2) is 10.1 Å². The standard InChI is InChI=1S/C20H25Cl2N5O3S.C20H24ClN5O3S.ClH/c1-20(2)11-10-13(26-20)5-4-12-23-16-6-3-7-17(25-16)31(29,30)27-19(28)14-8-9-15(21)24-18(14)22;1-20(2)11-10-13-5-4-12-22-16-6-3-7-17(24-16)30(28,29)25-19(27)14-8-9-15(21)23-18(14)26(13)20;/h3,6-9,13,26H,4-5,10-12H2,1-2H3,(H,23,25)(H,27,28);3,6-9,13H,4-5,10-12H2,1-2H3,(H,22,24)(H,25,27);1H. The summed E-state index contributed by atoms with van der Waals surface area (Å²) < 4.78 is 54.9. The summed E-state index contributed by atoms with van der Waals surface area (Å²) in [5.74, 6) is -0.385. The van der Waals surface area contributed by atoms with E-state index >= 15 is 0 Å². The number of sulfonamides is 2. The maximum atomic E-state index is 13.1. The molecule has 2 saturated heterocycles. The SMILES string of the molecule is CC1(C)CCC(CCCNc2cccc(S(=O)(=O)NC(=O)c3ccc(Cl)nc3Cl)n2)N1.CC1(C)CCC2CCCNc3cccc(n3)S(=O)(=O)NC(=O)c3ccc(Cl)nc3N21.Cl. The van der Waals surface area contributed by atoms with Gasteiger partial charge in [-0.2, -0.15) is 16.8 Å². The Morgan fingerprint density at radius 2 is 1.63 bits per heavy atom. The van der Waals surface area contributed by atoms with Gasteiger partial charge in [-0.1, -0.05) is 46.9 Å². The van der Waals surface area contributed by atoms with Crippen molar-refractivity contribution >= 4 is 96.5 Å². The van der Waals surface area contributed by atoms with Gasteiger partial charge in [-0.15, -0.1) is 12.4 Å². The van der Waals surface area contributed by atoms with Crippen molar-refractivity contribution < 1.29 is 26.4 Å². The van der Waals surface area contributed by atoms with E-state index in [-0.39, 0.29) is 66.2 Å². The van der Waals surface area contributed by atoms with E-state index in [4.69, 9.17) is 34.8 Å². The highest BCUT2D eigenvalue weighted by atomic mass is 35.5. The predicted octanol–water partition coefficient (Wildman–Crippen LogP) is 7.25. The van der Waals surface area contributed by atoms with Crippen LogP contribution in [0, 0.1) is 0 Å². The van der Waals surface area contributed by atoms with Gasteiger partial charge < -0.3 is 20.9 Å². The first-order chi connectivity index (χ1) is 28.7. The average Bonchev–Trinajstić information content (AvgIpc) is 3.70. The van der Waals surface area contributed by atoms with Gasteiger partial charge in [0.25, 0.3) is 31.9 Å². The molecule has 3 aliphatic heterocycles. The fourth-order valence-corrected chi connectivity index (χ4v) is 10.2. The fraction of sp³-hybridized carbons (Fsp3) is 0.450. The normalized spacial score (nSPS) is 20.0. The minimum Gasteiger partial charge on any atom is -0.370 e. The molecule has 0 radical (unpaired) electrons. The molecular formula is C40H50Cl4N10O6S2. The van der Waals surface area contributed by atoms with Gasteiger partial charge in [0.1, 0.15) is 32.9 Å². The molecule has 0 aromatic carbocycles. The van der Waals surface area contributed by atoms with Gasteiger partial charge in [-0.3, -0.25) is 9.59 Å². The van der Waals surface area contributed by atoms with Crippen molar-refractivity contribution in [1.29, 1.82) is 0 Å². The number of amides is 2. The molecule has 5 N–H and O–H groups in total. The smallest absolute Gasteiger partial charge is 0.281 e. The van der Waals surface area contributed by atoms with Gasteiger partial charge in [0, 0.05) is 36.3 Å². The van der Waals surface area contributed by atoms with Crippen LogP contribution in [0.4, 0.5) is 17.5 Å². The molecule has 16 nitrogen and oxygen atoms in total. The number of halogens is 4. The second-order valence-corrected chi connectivity index (χ2v) is 20.7. The second-order valence-electron chi connectivity index (χ2n) is 16.3. The molecule has 0 saturated carbocycles. The van der Waals surface area contributed by atoms with Crippen LogP contribution in [-0.2, 0) is 20.0 Å². The number of hydrogen-bond donors (Lipinski definition) is 5. The highest BCUT2D eigenvalue weighted by Crippen LogP contribution is 2.41. The van der Waals surface area contributed by atoms with E-state index in [1.54, 1.807) is 24.3 Å². The summed E-state index contributed by atoms with van der Waals surface area (Å²) in [6, 6.07) is 15.5. The zero-order valence-corrected chi connectivity index (χ0v) is 39.3. The van der Waals surface area contributed by atoms with Crippen molar-refractivity contribution in [1.82, 2.24) is 34.7 Å². The van der Waals surface area contributed by atoms with Gasteiger partial charge in [0.2, 0.25) is 0 Å². The van der Waals surface area contributed by atoms with E-state index in [1.807, 2.05) is 4.72 Å². The molecule has 0 spiro atoms. The first-order valence-electron chi connectivity index (χ1n) is 19.8. The maximum Gasteiger partial charge on any atom is 0.281 e. The number of nitrogens with one attached hydrogen (secondary N) is 5. The van der Waals surface area contributed by atoms with Crippen LogP contribution in [-0.4, -0.2) is 84.8 Å². The lowest BCUT2D eigenvalue weighted by molar-refractivity contribution is 0.0972. The third-order valence-electron chi connectivity index (χ3n) is 10.7. The molecule has 3 aliphatic rings. The largest absolute Gasteiger partial charge is 0.370 e. The summed E-state index contributed by atoms with van der Waals surface area (Å²) >= 11 is 17.8. The van der Waals surface area contributed by atoms with Crippen LogP contribution in [0.15, 0.2) is 70.7 Å². The Morgan fingerprint density at radius 3 is 2.35 bits per heavy atom. The zero-order valence-electron chi connectivity index (χ0n) is 34.5. The molecule has 4 aromatic heterocycles. The maximum absolute atomic E-state index is 13.1. The molecule has 336 valence electrons. The fourth-order valence-electron chi connectivity index (χ4n) is 7.72. The van der Waals surface area contributed by atoms with Crippen LogP contribution < -0.4 is 30.3 Å². The number of nitrogens with zero attached hydrogens (tertiary/aromatic N) is 5. The van der Waals surface area contributed by atoms with E-state index in [9.17, 15) is 26.4 Å². The summed E-state index contributed by atoms with van der Waals surface area (Å²) in [4.78, 5) is 44.0. The molecular weight excluding hydrogens is 922 g/mol. The van der Waals surface area contributed by atoms with Crippen molar-refractivity contribution in [3.8, 4) is 0 Å². The number of hydrogen-bond acceptors (Lipinski definition) is 14. The quantitative estimate of drug-likeness (QED) is 0.0869. The molecule has 7 rings (SSSR count). The average molecular weight is 973 g/mol. The van der Waals surface area contributed by atoms with Crippen LogP contribution in [0.1, 0.15) is 99.8 Å². The number of carbonyl (C=O) groups is 2. The summed E-state index contributed by atoms with van der Waals surface area (Å²) in [5, 5.41) is 9.59. The highest BCUT2D eigenvalue weighted by Gasteiger charge is 2.42. The Labute approximate surface area is 383 Å². The van der Waals surface area contributed by atoms with Crippen LogP contribution in [0.5, 0.6) is 0 Å². The van der Waals surface area contributed by atoms with Crippen molar-refractivity contribution in [3.63, 3.8) is 0 Å². The lowest BCUT2D eigenvalue weighted by Gasteiger charge is -2.38. The van der Waals surface area contributed by atoms with Crippen molar-refractivity contribution in [2.45, 2.75) is 112 Å². The predicted molar refractivity (Wildman–Crippen MR) is 244 cm³/mol. The number of carbonyl (C=O) groups excluding carboxylic acids is 2. The molecule has 22 heteroatoms. The third-order valence-corrected chi connectivity index (χ3v) is 13.9. The molecule has 0 aliphatic carbocycles. The Morgan fingerprint density at radius 1 is 0.903 bits per heavy atom. The van der Waals surface area contributed by atoms with Crippen LogP contribution in [0.3, 0.4) is 0 Å². The van der Waals surface area contributed by atoms with Crippen molar-refractivity contribution in [2.24, 2.45) is 0 Å². The number of anilines is 3. The monoisotopic (exact) mass is 970 g/mol. The van der Waals surface area contributed by atoms with E-state index in [1.165, 1.54) is 36.4 Å². The van der Waals surface area contributed by atoms with Crippen molar-refractivity contribution in [2.75, 3.05) is 28.6 Å². The van der Waals surface area contributed by atoms with Gasteiger partial charge >= 0.3 is 0 Å². The molecule has 2 unspecified atom stereocenters. The molecule has 62 heavy (non-hydrogen) atoms. The molecule has 2 atom stereocenters. The van der Waals surface area contributed by atoms with Gasteiger partial charge in [0.05, 0.1) is 11.1 Å². The summed E-state index contributed by atoms with van der Waals surface area (Å²) in [6.07, 6.45) is 7.91. The Balaban J connectivity index is 0.000000231. The van der Waals surface area contributed by atoms with Crippen LogP contribution in [0.25, 0.3) is 0 Å². The molecule has 2 bridgehead atoms. The minimum absolute atomic E-state index is 0. The minimum atomic E-state index is -4.19. The van der Waals surface area contributed by atoms with E-state index < -0.39 is 31.9 Å². The first-order valence-corrected chi connectivity index (χ1v) is 23.9. The van der Waals surface area contributed by atoms with E-state index in [0.717, 1.165) is 51.4 Å². The van der Waals surface area contributed by atoms with E-state index in [2.05, 4.69) is 73.2 Å². The molecule has 7 heterocycles. The first kappa shape index (κ1) is 49.0. The molecule has 4 aromatic rings. The van der Waals surface area contributed by atoms with Crippen LogP contribution >= 0.6 is 47.2 Å². The molecule has 2 amide bonds. The highest BCUT2D eigenvalue weighted by molar-refractivity contribution is 7.90. The third kappa shape index (κ3) is 12.4. The summed E-state index contributed by atoms with van der Waals surface area (Å²) in [6.45, 7) is 9.93. The number of pyridine rings is 4. The number of rotatable bonds is 8. The second kappa shape index (κ2) is 20.2. The van der Waals surface area contributed by atoms with Crippen LogP contribution in [0.2, 0.25) is 15.5 Å². The Bertz CT molecular complexity index is 2500. The van der Waals surface area contributed by atoms with Crippen molar-refractivity contribution in [3.05, 3.63) is 87.2 Å². The lowest BCUT2D eigenvalue weighted by atomic mass is 10.0. The zero-order chi connectivity index (χ0) is 44.2. The summed E-state index contributed by atoms with van der Waals surface area (Å²) in [5.41, 5.74) is 0.0213. The topological polar surface area (TPSA) is 217 Å². The van der Waals surface area contributed by atoms with Gasteiger partial charge in [-0.05, 0) is 128 Å².